The number of carbonyl (C=O) groups is 1. The van der Waals surface area contributed by atoms with Crippen LogP contribution < -0.4 is 9.47 Å². The van der Waals surface area contributed by atoms with E-state index in [0.29, 0.717) is 17.1 Å². The Morgan fingerprint density at radius 3 is 2.32 bits per heavy atom. The Bertz CT molecular complexity index is 912. The molecule has 0 aliphatic carbocycles. The molecule has 0 fully saturated rings. The average Bonchev–Trinajstić information content (AvgIpc) is 3.06. The normalized spacial score (nSPS) is 19.4. The molecule has 1 aliphatic rings. The van der Waals surface area contributed by atoms with Crippen LogP contribution in [0.4, 0.5) is 13.2 Å². The maximum absolute atomic E-state index is 13.7. The van der Waals surface area contributed by atoms with E-state index in [2.05, 4.69) is 5.10 Å². The SMILES string of the molecule is COc1ccc(C2=NN(C(=O)c3cccc(OC)c3)C(O)(C(F)(F)F)C2)cc1. The van der Waals surface area contributed by atoms with Gasteiger partial charge in [0.25, 0.3) is 11.6 Å². The number of carbonyl (C=O) groups excluding carboxylic acids is 1. The Balaban J connectivity index is 2.02. The van der Waals surface area contributed by atoms with E-state index in [-0.39, 0.29) is 16.3 Å². The predicted octanol–water partition coefficient (Wildman–Crippen LogP) is 3.20. The largest absolute Gasteiger partial charge is 0.497 e. The van der Waals surface area contributed by atoms with Gasteiger partial charge in [-0.15, -0.1) is 0 Å². The molecule has 2 aromatic rings. The van der Waals surface area contributed by atoms with E-state index in [9.17, 15) is 23.1 Å². The van der Waals surface area contributed by atoms with Crippen LogP contribution in [-0.4, -0.2) is 47.9 Å². The van der Waals surface area contributed by atoms with Crippen molar-refractivity contribution in [3.05, 3.63) is 59.7 Å². The molecule has 1 unspecified atom stereocenters. The summed E-state index contributed by atoms with van der Waals surface area (Å²) in [5, 5.41) is 14.3. The van der Waals surface area contributed by atoms with Crippen molar-refractivity contribution < 1.29 is 32.5 Å². The predicted molar refractivity (Wildman–Crippen MR) is 94.3 cm³/mol. The summed E-state index contributed by atoms with van der Waals surface area (Å²) in [7, 11) is 2.82. The van der Waals surface area contributed by atoms with Crippen LogP contribution >= 0.6 is 0 Å². The quantitative estimate of drug-likeness (QED) is 0.865. The Morgan fingerprint density at radius 2 is 1.75 bits per heavy atom. The molecule has 0 aromatic heterocycles. The van der Waals surface area contributed by atoms with E-state index in [1.54, 1.807) is 18.2 Å². The lowest BCUT2D eigenvalue weighted by molar-refractivity contribution is -0.297. The molecule has 0 bridgehead atoms. The zero-order chi connectivity index (χ0) is 20.5. The summed E-state index contributed by atoms with van der Waals surface area (Å²) < 4.78 is 51.0. The number of halogens is 3. The minimum Gasteiger partial charge on any atom is -0.497 e. The first kappa shape index (κ1) is 19.7. The molecular weight excluding hydrogens is 377 g/mol. The van der Waals surface area contributed by atoms with Crippen molar-refractivity contribution in [2.45, 2.75) is 18.3 Å². The fraction of sp³-hybridized carbons (Fsp3) is 0.263. The molecule has 1 heterocycles. The third-order valence-electron chi connectivity index (χ3n) is 4.37. The minimum absolute atomic E-state index is 0.0706. The summed E-state index contributed by atoms with van der Waals surface area (Å²) in [5.74, 6) is -0.292. The van der Waals surface area contributed by atoms with Crippen molar-refractivity contribution in [2.24, 2.45) is 5.10 Å². The highest BCUT2D eigenvalue weighted by Gasteiger charge is 2.63. The molecule has 0 saturated carbocycles. The Hall–Kier alpha value is -3.07. The molecule has 0 radical (unpaired) electrons. The smallest absolute Gasteiger partial charge is 0.438 e. The topological polar surface area (TPSA) is 71.4 Å². The van der Waals surface area contributed by atoms with Crippen molar-refractivity contribution in [2.75, 3.05) is 14.2 Å². The first-order valence-corrected chi connectivity index (χ1v) is 8.19. The second-order valence-electron chi connectivity index (χ2n) is 6.12. The first-order valence-electron chi connectivity index (χ1n) is 8.19. The van der Waals surface area contributed by atoms with Crippen LogP contribution in [0.1, 0.15) is 22.3 Å². The maximum Gasteiger partial charge on any atom is 0.438 e. The highest BCUT2D eigenvalue weighted by Crippen LogP contribution is 2.42. The molecular formula is C19H17F3N2O4. The van der Waals surface area contributed by atoms with Crippen molar-refractivity contribution in [3.63, 3.8) is 0 Å². The van der Waals surface area contributed by atoms with Crippen LogP contribution in [0.25, 0.3) is 0 Å². The van der Waals surface area contributed by atoms with Gasteiger partial charge in [0, 0.05) is 5.56 Å². The van der Waals surface area contributed by atoms with Crippen LogP contribution in [0.15, 0.2) is 53.6 Å². The molecule has 3 rings (SSSR count). The summed E-state index contributed by atoms with van der Waals surface area (Å²) in [6, 6.07) is 11.7. The molecule has 6 nitrogen and oxygen atoms in total. The van der Waals surface area contributed by atoms with Gasteiger partial charge in [-0.1, -0.05) is 6.07 Å². The fourth-order valence-electron chi connectivity index (χ4n) is 2.80. The monoisotopic (exact) mass is 394 g/mol. The number of benzene rings is 2. The lowest BCUT2D eigenvalue weighted by atomic mass is 10.0. The fourth-order valence-corrected chi connectivity index (χ4v) is 2.80. The van der Waals surface area contributed by atoms with Crippen molar-refractivity contribution in [1.82, 2.24) is 5.01 Å². The molecule has 1 amide bonds. The zero-order valence-electron chi connectivity index (χ0n) is 15.0. The van der Waals surface area contributed by atoms with Gasteiger partial charge in [-0.25, -0.2) is 0 Å². The van der Waals surface area contributed by atoms with E-state index >= 15 is 0 Å². The molecule has 9 heteroatoms. The van der Waals surface area contributed by atoms with Crippen LogP contribution in [0, 0.1) is 0 Å². The molecule has 0 saturated heterocycles. The molecule has 0 spiro atoms. The highest BCUT2D eigenvalue weighted by molar-refractivity contribution is 6.05. The van der Waals surface area contributed by atoms with Crippen molar-refractivity contribution >= 4 is 11.6 Å². The van der Waals surface area contributed by atoms with E-state index in [0.717, 1.165) is 0 Å². The molecule has 2 aromatic carbocycles. The number of hydrogen-bond donors (Lipinski definition) is 1. The number of rotatable bonds is 4. The number of hydrogen-bond acceptors (Lipinski definition) is 5. The number of nitrogens with zero attached hydrogens (tertiary/aromatic N) is 2. The maximum atomic E-state index is 13.7. The van der Waals surface area contributed by atoms with Gasteiger partial charge < -0.3 is 14.6 Å². The first-order chi connectivity index (χ1) is 13.2. The average molecular weight is 394 g/mol. The standard InChI is InChI=1S/C19H17F3N2O4/c1-27-14-8-6-12(7-9-14)16-11-18(26,19(20,21)22)24(23-16)17(25)13-4-3-5-15(10-13)28-2/h3-10,26H,11H2,1-2H3. The number of ether oxygens (including phenoxy) is 2. The number of amides is 1. The van der Waals surface area contributed by atoms with E-state index in [1.807, 2.05) is 0 Å². The van der Waals surface area contributed by atoms with Gasteiger partial charge in [0.05, 0.1) is 26.4 Å². The van der Waals surface area contributed by atoms with Gasteiger partial charge in [-0.3, -0.25) is 4.79 Å². The zero-order valence-corrected chi connectivity index (χ0v) is 15.0. The third-order valence-corrected chi connectivity index (χ3v) is 4.37. The molecule has 1 atom stereocenters. The second kappa shape index (κ2) is 7.16. The molecule has 1 aliphatic heterocycles. The van der Waals surface area contributed by atoms with Crippen LogP contribution in [-0.2, 0) is 0 Å². The van der Waals surface area contributed by atoms with Gasteiger partial charge in [-0.2, -0.15) is 23.3 Å². The summed E-state index contributed by atoms with van der Waals surface area (Å²) in [4.78, 5) is 12.7. The van der Waals surface area contributed by atoms with Crippen LogP contribution in [0.3, 0.4) is 0 Å². The summed E-state index contributed by atoms with van der Waals surface area (Å²) in [5.41, 5.74) is -3.28. The summed E-state index contributed by atoms with van der Waals surface area (Å²) in [6.45, 7) is 0. The van der Waals surface area contributed by atoms with E-state index in [1.165, 1.54) is 44.6 Å². The Labute approximate surface area is 158 Å². The van der Waals surface area contributed by atoms with Crippen molar-refractivity contribution in [1.29, 1.82) is 0 Å². The lowest BCUT2D eigenvalue weighted by Crippen LogP contribution is -2.56. The molecule has 148 valence electrons. The highest BCUT2D eigenvalue weighted by atomic mass is 19.4. The second-order valence-corrected chi connectivity index (χ2v) is 6.12. The summed E-state index contributed by atoms with van der Waals surface area (Å²) >= 11 is 0. The van der Waals surface area contributed by atoms with Gasteiger partial charge in [-0.05, 0) is 48.0 Å². The van der Waals surface area contributed by atoms with Crippen LogP contribution in [0.5, 0.6) is 11.5 Å². The minimum atomic E-state index is -5.11. The van der Waals surface area contributed by atoms with Crippen LogP contribution in [0.2, 0.25) is 0 Å². The van der Waals surface area contributed by atoms with Gasteiger partial charge in [0.2, 0.25) is 0 Å². The van der Waals surface area contributed by atoms with Gasteiger partial charge in [0.15, 0.2) is 0 Å². The molecule has 1 N–H and O–H groups in total. The number of alkyl halides is 3. The Morgan fingerprint density at radius 1 is 1.11 bits per heavy atom. The molecule has 28 heavy (non-hydrogen) atoms. The van der Waals surface area contributed by atoms with Crippen molar-refractivity contribution in [3.8, 4) is 11.5 Å². The number of hydrazone groups is 1. The third kappa shape index (κ3) is 3.40. The van der Waals surface area contributed by atoms with E-state index < -0.39 is 24.2 Å². The number of aliphatic hydroxyl groups is 1. The number of methoxy groups -OCH3 is 2. The Kier molecular flexibility index (Phi) is 5.03. The van der Waals surface area contributed by atoms with E-state index in [4.69, 9.17) is 9.47 Å². The lowest BCUT2D eigenvalue weighted by Gasteiger charge is -2.32. The van der Waals surface area contributed by atoms with Gasteiger partial charge in [0.1, 0.15) is 11.5 Å². The summed E-state index contributed by atoms with van der Waals surface area (Å²) in [6.07, 6.45) is -6.00. The van der Waals surface area contributed by atoms with Gasteiger partial charge >= 0.3 is 6.18 Å².